The van der Waals surface area contributed by atoms with Gasteiger partial charge >= 0.3 is 0 Å². The lowest BCUT2D eigenvalue weighted by atomic mass is 9.63. The fourth-order valence-electron chi connectivity index (χ4n) is 10.3. The van der Waals surface area contributed by atoms with Crippen LogP contribution in [0.15, 0.2) is 209 Å². The van der Waals surface area contributed by atoms with Gasteiger partial charge in [0.15, 0.2) is 5.84 Å². The number of nitrogens with zero attached hydrogens (tertiary/aromatic N) is 2. The average molecular weight is 775 g/mol. The molecule has 290 valence electrons. The minimum absolute atomic E-state index is 0.153. The van der Waals surface area contributed by atoms with Crippen LogP contribution in [0.4, 0.5) is 0 Å². The zero-order chi connectivity index (χ0) is 41.0. The summed E-state index contributed by atoms with van der Waals surface area (Å²) in [5, 5.41) is 2.10. The summed E-state index contributed by atoms with van der Waals surface area (Å²) in [4.78, 5) is 9.41. The van der Waals surface area contributed by atoms with Gasteiger partial charge in [-0.1, -0.05) is 176 Å². The molecule has 2 atom stereocenters. The van der Waals surface area contributed by atoms with Crippen molar-refractivity contribution in [3.05, 3.63) is 239 Å². The van der Waals surface area contributed by atoms with Crippen LogP contribution in [-0.4, -0.2) is 11.5 Å². The van der Waals surface area contributed by atoms with Gasteiger partial charge in [-0.2, -0.15) is 0 Å². The van der Waals surface area contributed by atoms with Crippen molar-refractivity contribution in [3.63, 3.8) is 0 Å². The molecule has 0 bridgehead atoms. The van der Waals surface area contributed by atoms with Crippen molar-refractivity contribution in [1.82, 2.24) is 0 Å². The summed E-state index contributed by atoms with van der Waals surface area (Å²) in [6.45, 7) is 12.7. The van der Waals surface area contributed by atoms with Gasteiger partial charge in [-0.05, 0) is 95.5 Å². The molecule has 3 heteroatoms. The van der Waals surface area contributed by atoms with Crippen LogP contribution in [0.25, 0.3) is 44.3 Å². The molecule has 7 aromatic carbocycles. The predicted molar refractivity (Wildman–Crippen MR) is 252 cm³/mol. The summed E-state index contributed by atoms with van der Waals surface area (Å²) in [6, 6.07) is 60.3. The SMILES string of the molecule is C=C(N=C(N=C(C)C)c1ccccc1)c1cccc2oc3ccccc3c12.CC1=C(c2ccccc2C)C2c3ccccc3C3(c4ccccc4-c4ccccc43)C2C=C1. The zero-order valence-corrected chi connectivity index (χ0v) is 34.5. The number of hydrogen-bond acceptors (Lipinski definition) is 2. The molecule has 0 amide bonds. The van der Waals surface area contributed by atoms with Gasteiger partial charge in [-0.15, -0.1) is 0 Å². The maximum absolute atomic E-state index is 5.98. The van der Waals surface area contributed by atoms with Crippen LogP contribution in [0.2, 0.25) is 0 Å². The number of para-hydroxylation sites is 1. The highest BCUT2D eigenvalue weighted by atomic mass is 16.3. The van der Waals surface area contributed by atoms with E-state index in [0.29, 0.717) is 23.4 Å². The van der Waals surface area contributed by atoms with E-state index in [9.17, 15) is 0 Å². The van der Waals surface area contributed by atoms with Gasteiger partial charge in [0.2, 0.25) is 0 Å². The van der Waals surface area contributed by atoms with Crippen LogP contribution in [0, 0.1) is 12.8 Å². The molecular weight excluding hydrogens is 729 g/mol. The number of benzene rings is 7. The molecule has 0 aliphatic heterocycles. The van der Waals surface area contributed by atoms with Crippen molar-refractivity contribution in [2.24, 2.45) is 15.9 Å². The first kappa shape index (κ1) is 37.2. The number of hydrogen-bond donors (Lipinski definition) is 0. The molecule has 1 heterocycles. The van der Waals surface area contributed by atoms with E-state index in [0.717, 1.165) is 38.8 Å². The number of rotatable bonds is 4. The number of allylic oxidation sites excluding steroid dienone is 4. The molecule has 11 rings (SSSR count). The minimum Gasteiger partial charge on any atom is -0.456 e. The van der Waals surface area contributed by atoms with Gasteiger partial charge in [0.05, 0.1) is 11.1 Å². The molecule has 3 aliphatic carbocycles. The summed E-state index contributed by atoms with van der Waals surface area (Å²) < 4.78 is 5.98. The highest BCUT2D eigenvalue weighted by Crippen LogP contribution is 2.67. The van der Waals surface area contributed by atoms with Gasteiger partial charge in [-0.25, -0.2) is 9.98 Å². The second-order valence-electron chi connectivity index (χ2n) is 16.3. The van der Waals surface area contributed by atoms with Gasteiger partial charge in [0.25, 0.3) is 0 Å². The molecular formula is C57H46N2O. The Morgan fingerprint density at radius 1 is 0.583 bits per heavy atom. The lowest BCUT2D eigenvalue weighted by Gasteiger charge is -2.38. The van der Waals surface area contributed by atoms with Crippen molar-refractivity contribution < 1.29 is 4.42 Å². The Labute approximate surface area is 352 Å². The second kappa shape index (κ2) is 14.9. The molecule has 1 aromatic heterocycles. The van der Waals surface area contributed by atoms with Crippen LogP contribution in [0.3, 0.4) is 0 Å². The summed E-state index contributed by atoms with van der Waals surface area (Å²) in [5.74, 6) is 1.34. The fraction of sp³-hybridized carbons (Fsp3) is 0.123. The maximum Gasteiger partial charge on any atom is 0.159 e. The molecule has 0 saturated heterocycles. The molecule has 0 radical (unpaired) electrons. The molecule has 60 heavy (non-hydrogen) atoms. The first-order chi connectivity index (χ1) is 29.4. The maximum atomic E-state index is 5.98. The van der Waals surface area contributed by atoms with Crippen LogP contribution in [0.1, 0.15) is 71.2 Å². The van der Waals surface area contributed by atoms with E-state index in [1.54, 1.807) is 0 Å². The molecule has 1 spiro atoms. The largest absolute Gasteiger partial charge is 0.456 e. The normalized spacial score (nSPS) is 16.8. The molecule has 3 aliphatic rings. The molecule has 2 unspecified atom stereocenters. The zero-order valence-electron chi connectivity index (χ0n) is 34.5. The number of aliphatic imine (C=N–C) groups is 2. The van der Waals surface area contributed by atoms with E-state index in [-0.39, 0.29) is 5.41 Å². The Balaban J connectivity index is 0.000000148. The first-order valence-electron chi connectivity index (χ1n) is 20.9. The minimum atomic E-state index is -0.153. The standard InChI is InChI=1S/C33H26.C24H20N2O/c1-21-11-3-4-12-23(21)31-22(2)19-20-30-32(31)26-15-7-10-18-29(26)33(30)27-16-8-5-13-24(27)25-14-6-9-17-28(25)33;1-16(2)25-24(18-10-5-4-6-11-18)26-17(3)19-13-9-15-22-23(19)20-12-7-8-14-21(20)27-22/h3-20,30,32H,1-2H3;4-15H,3H2,1-2H3. The Morgan fingerprint density at radius 3 is 1.90 bits per heavy atom. The summed E-state index contributed by atoms with van der Waals surface area (Å²) >= 11 is 0. The number of aryl methyl sites for hydroxylation is 1. The van der Waals surface area contributed by atoms with Gasteiger partial charge in [0, 0.05) is 39.4 Å². The van der Waals surface area contributed by atoms with E-state index in [1.165, 1.54) is 55.7 Å². The van der Waals surface area contributed by atoms with E-state index >= 15 is 0 Å². The quantitative estimate of drug-likeness (QED) is 0.130. The van der Waals surface area contributed by atoms with Crippen LogP contribution in [-0.2, 0) is 5.41 Å². The van der Waals surface area contributed by atoms with E-state index in [1.807, 2.05) is 80.6 Å². The van der Waals surface area contributed by atoms with Crippen molar-refractivity contribution in [3.8, 4) is 11.1 Å². The monoisotopic (exact) mass is 774 g/mol. The highest BCUT2D eigenvalue weighted by molar-refractivity contribution is 6.12. The van der Waals surface area contributed by atoms with E-state index in [4.69, 9.17) is 9.41 Å². The predicted octanol–water partition coefficient (Wildman–Crippen LogP) is 14.6. The number of fused-ring (bicyclic) bond motifs is 13. The fourth-order valence-corrected chi connectivity index (χ4v) is 10.3. The topological polar surface area (TPSA) is 37.9 Å². The Morgan fingerprint density at radius 2 is 1.18 bits per heavy atom. The summed E-state index contributed by atoms with van der Waals surface area (Å²) in [5.41, 5.74) is 19.3. The summed E-state index contributed by atoms with van der Waals surface area (Å²) in [6.07, 6.45) is 4.90. The molecule has 0 N–H and O–H groups in total. The highest BCUT2D eigenvalue weighted by Gasteiger charge is 2.58. The third-order valence-electron chi connectivity index (χ3n) is 12.6. The van der Waals surface area contributed by atoms with Crippen molar-refractivity contribution in [2.45, 2.75) is 39.0 Å². The van der Waals surface area contributed by atoms with Crippen LogP contribution in [0.5, 0.6) is 0 Å². The Hall–Kier alpha value is -7.10. The van der Waals surface area contributed by atoms with Gasteiger partial charge in [-0.3, -0.25) is 0 Å². The first-order valence-corrected chi connectivity index (χ1v) is 20.9. The molecule has 0 saturated carbocycles. The second-order valence-corrected chi connectivity index (χ2v) is 16.3. The molecule has 8 aromatic rings. The molecule has 3 nitrogen and oxygen atoms in total. The van der Waals surface area contributed by atoms with Gasteiger partial charge in [0.1, 0.15) is 11.2 Å². The lowest BCUT2D eigenvalue weighted by molar-refractivity contribution is 0.470. The van der Waals surface area contributed by atoms with Crippen molar-refractivity contribution in [1.29, 1.82) is 0 Å². The average Bonchev–Trinajstić information content (AvgIpc) is 3.91. The van der Waals surface area contributed by atoms with E-state index in [2.05, 4.69) is 141 Å². The number of amidine groups is 1. The van der Waals surface area contributed by atoms with Crippen molar-refractivity contribution >= 4 is 44.8 Å². The van der Waals surface area contributed by atoms with Crippen molar-refractivity contribution in [2.75, 3.05) is 0 Å². The van der Waals surface area contributed by atoms with Crippen LogP contribution >= 0.6 is 0 Å². The Bertz CT molecular complexity index is 3070. The van der Waals surface area contributed by atoms with Crippen LogP contribution < -0.4 is 0 Å². The smallest absolute Gasteiger partial charge is 0.159 e. The lowest BCUT2D eigenvalue weighted by Crippen LogP contribution is -2.33. The third kappa shape index (κ3) is 5.87. The Kier molecular flexibility index (Phi) is 9.25. The van der Waals surface area contributed by atoms with E-state index < -0.39 is 0 Å². The number of furan rings is 1. The third-order valence-corrected chi connectivity index (χ3v) is 12.6. The van der Waals surface area contributed by atoms with Gasteiger partial charge < -0.3 is 4.42 Å². The molecule has 0 fully saturated rings. The summed E-state index contributed by atoms with van der Waals surface area (Å²) in [7, 11) is 0.